The second-order valence-electron chi connectivity index (χ2n) is 5.85. The van der Waals surface area contributed by atoms with Gasteiger partial charge in [-0.15, -0.1) is 12.4 Å². The Hall–Kier alpha value is -2.42. The SMILES string of the molecule is Cl.O=C(Nc1cc(F)ccc1C(=O)NCC1CNCC1O)c1ccoc1. The summed E-state index contributed by atoms with van der Waals surface area (Å²) in [6, 6.07) is 5.00. The van der Waals surface area contributed by atoms with Gasteiger partial charge in [-0.05, 0) is 24.3 Å². The van der Waals surface area contributed by atoms with Crippen LogP contribution in [0, 0.1) is 11.7 Å². The Bertz CT molecular complexity index is 769. The van der Waals surface area contributed by atoms with Gasteiger partial charge in [-0.2, -0.15) is 0 Å². The molecule has 2 atom stereocenters. The van der Waals surface area contributed by atoms with Crippen molar-refractivity contribution >= 4 is 29.9 Å². The van der Waals surface area contributed by atoms with Gasteiger partial charge in [-0.25, -0.2) is 4.39 Å². The molecule has 2 heterocycles. The second-order valence-corrected chi connectivity index (χ2v) is 5.85. The number of amides is 2. The summed E-state index contributed by atoms with van der Waals surface area (Å²) in [5, 5.41) is 18.0. The van der Waals surface area contributed by atoms with E-state index in [1.807, 2.05) is 0 Å². The fourth-order valence-electron chi connectivity index (χ4n) is 2.65. The topological polar surface area (TPSA) is 104 Å². The standard InChI is InChI=1S/C17H18FN3O4.ClH/c18-12-1-2-13(17(24)20-7-11-6-19-8-15(11)22)14(5-12)21-16(23)10-3-4-25-9-10;/h1-5,9,11,15,19,22H,6-8H2,(H,20,24)(H,21,23);1H. The number of hydrogen-bond donors (Lipinski definition) is 4. The third-order valence-corrected chi connectivity index (χ3v) is 4.09. The number of carbonyl (C=O) groups excluding carboxylic acids is 2. The summed E-state index contributed by atoms with van der Waals surface area (Å²) in [7, 11) is 0. The van der Waals surface area contributed by atoms with Crippen LogP contribution in [0.5, 0.6) is 0 Å². The first-order valence-corrected chi connectivity index (χ1v) is 7.84. The van der Waals surface area contributed by atoms with E-state index in [1.54, 1.807) is 0 Å². The fraction of sp³-hybridized carbons (Fsp3) is 0.294. The van der Waals surface area contributed by atoms with Gasteiger partial charge in [0, 0.05) is 25.6 Å². The quantitative estimate of drug-likeness (QED) is 0.625. The van der Waals surface area contributed by atoms with E-state index >= 15 is 0 Å². The first kappa shape index (κ1) is 19.9. The lowest BCUT2D eigenvalue weighted by molar-refractivity contribution is 0.0928. The Morgan fingerprint density at radius 3 is 2.73 bits per heavy atom. The lowest BCUT2D eigenvalue weighted by atomic mass is 10.1. The summed E-state index contributed by atoms with van der Waals surface area (Å²) in [4.78, 5) is 24.5. The van der Waals surface area contributed by atoms with Crippen LogP contribution in [0.4, 0.5) is 10.1 Å². The number of aliphatic hydroxyl groups is 1. The molecule has 0 saturated carbocycles. The fourth-order valence-corrected chi connectivity index (χ4v) is 2.65. The molecule has 140 valence electrons. The third-order valence-electron chi connectivity index (χ3n) is 4.09. The minimum absolute atomic E-state index is 0. The molecule has 0 aliphatic carbocycles. The normalized spacial score (nSPS) is 18.8. The highest BCUT2D eigenvalue weighted by atomic mass is 35.5. The van der Waals surface area contributed by atoms with Crippen molar-refractivity contribution in [1.29, 1.82) is 0 Å². The number of rotatable bonds is 5. The first-order valence-electron chi connectivity index (χ1n) is 7.84. The molecule has 26 heavy (non-hydrogen) atoms. The van der Waals surface area contributed by atoms with Crippen LogP contribution < -0.4 is 16.0 Å². The predicted molar refractivity (Wildman–Crippen MR) is 95.0 cm³/mol. The predicted octanol–water partition coefficient (Wildman–Crippen LogP) is 1.40. The molecular formula is C17H19ClFN3O4. The van der Waals surface area contributed by atoms with Crippen LogP contribution in [-0.4, -0.2) is 42.7 Å². The first-order chi connectivity index (χ1) is 12.0. The Morgan fingerprint density at radius 2 is 2.08 bits per heavy atom. The van der Waals surface area contributed by atoms with E-state index in [9.17, 15) is 19.1 Å². The molecule has 0 radical (unpaired) electrons. The molecule has 1 aliphatic heterocycles. The van der Waals surface area contributed by atoms with E-state index in [0.29, 0.717) is 13.1 Å². The van der Waals surface area contributed by atoms with Crippen LogP contribution >= 0.6 is 12.4 Å². The highest BCUT2D eigenvalue weighted by Gasteiger charge is 2.25. The maximum atomic E-state index is 13.5. The van der Waals surface area contributed by atoms with Crippen molar-refractivity contribution in [2.75, 3.05) is 25.0 Å². The summed E-state index contributed by atoms with van der Waals surface area (Å²) in [6.07, 6.45) is 2.08. The number of carbonyl (C=O) groups is 2. The minimum atomic E-state index is -0.575. The summed E-state index contributed by atoms with van der Waals surface area (Å²) in [5.74, 6) is -1.63. The highest BCUT2D eigenvalue weighted by Crippen LogP contribution is 2.19. The number of hydrogen-bond acceptors (Lipinski definition) is 5. The number of anilines is 1. The number of halogens is 2. The number of β-amino-alcohol motifs (C(OH)–C–C–N with tert-alkyl or cyclic N) is 1. The molecule has 2 aromatic rings. The van der Waals surface area contributed by atoms with E-state index in [1.165, 1.54) is 24.7 Å². The third kappa shape index (κ3) is 4.60. The van der Waals surface area contributed by atoms with Crippen molar-refractivity contribution in [2.45, 2.75) is 6.10 Å². The number of furan rings is 1. The monoisotopic (exact) mass is 383 g/mol. The number of nitrogens with one attached hydrogen (secondary N) is 3. The van der Waals surface area contributed by atoms with Gasteiger partial charge in [-0.1, -0.05) is 0 Å². The summed E-state index contributed by atoms with van der Waals surface area (Å²) in [5.41, 5.74) is 0.461. The number of aliphatic hydroxyl groups excluding tert-OH is 1. The zero-order chi connectivity index (χ0) is 17.8. The number of benzene rings is 1. The molecule has 0 bridgehead atoms. The second kappa shape index (κ2) is 8.79. The highest BCUT2D eigenvalue weighted by molar-refractivity contribution is 6.08. The molecule has 4 N–H and O–H groups in total. The summed E-state index contributed by atoms with van der Waals surface area (Å²) >= 11 is 0. The lowest BCUT2D eigenvalue weighted by Crippen LogP contribution is -2.34. The van der Waals surface area contributed by atoms with Crippen LogP contribution in [0.25, 0.3) is 0 Å². The van der Waals surface area contributed by atoms with Crippen molar-refractivity contribution < 1.29 is 23.5 Å². The summed E-state index contributed by atoms with van der Waals surface area (Å²) < 4.78 is 18.4. The molecule has 9 heteroatoms. The van der Waals surface area contributed by atoms with Crippen molar-refractivity contribution in [3.8, 4) is 0 Å². The zero-order valence-electron chi connectivity index (χ0n) is 13.7. The van der Waals surface area contributed by atoms with Crippen molar-refractivity contribution in [3.63, 3.8) is 0 Å². The average molecular weight is 384 g/mol. The van der Waals surface area contributed by atoms with Gasteiger partial charge < -0.3 is 25.5 Å². The van der Waals surface area contributed by atoms with E-state index in [2.05, 4.69) is 16.0 Å². The van der Waals surface area contributed by atoms with E-state index < -0.39 is 23.7 Å². The van der Waals surface area contributed by atoms with E-state index in [-0.39, 0.29) is 41.7 Å². The molecule has 7 nitrogen and oxygen atoms in total. The Labute approximate surface area is 155 Å². The van der Waals surface area contributed by atoms with E-state index in [0.717, 1.165) is 12.1 Å². The largest absolute Gasteiger partial charge is 0.472 e. The van der Waals surface area contributed by atoms with Crippen LogP contribution in [0.2, 0.25) is 0 Å². The van der Waals surface area contributed by atoms with Gasteiger partial charge in [0.05, 0.1) is 29.2 Å². The maximum absolute atomic E-state index is 13.5. The van der Waals surface area contributed by atoms with Gasteiger partial charge in [0.15, 0.2) is 0 Å². The van der Waals surface area contributed by atoms with Crippen LogP contribution in [0.15, 0.2) is 41.2 Å². The van der Waals surface area contributed by atoms with Crippen LogP contribution in [-0.2, 0) is 0 Å². The molecule has 1 aliphatic rings. The molecule has 0 spiro atoms. The Morgan fingerprint density at radius 1 is 1.27 bits per heavy atom. The molecule has 1 saturated heterocycles. The Balaban J connectivity index is 0.00000243. The molecule has 1 aromatic carbocycles. The zero-order valence-corrected chi connectivity index (χ0v) is 14.5. The average Bonchev–Trinajstić information content (AvgIpc) is 3.24. The van der Waals surface area contributed by atoms with E-state index in [4.69, 9.17) is 4.42 Å². The minimum Gasteiger partial charge on any atom is -0.472 e. The van der Waals surface area contributed by atoms with Gasteiger partial charge in [0.1, 0.15) is 12.1 Å². The Kier molecular flexibility index (Phi) is 6.73. The molecule has 2 unspecified atom stereocenters. The summed E-state index contributed by atoms with van der Waals surface area (Å²) in [6.45, 7) is 1.37. The smallest absolute Gasteiger partial charge is 0.258 e. The molecule has 2 amide bonds. The van der Waals surface area contributed by atoms with Crippen LogP contribution in [0.1, 0.15) is 20.7 Å². The lowest BCUT2D eigenvalue weighted by Gasteiger charge is -2.15. The van der Waals surface area contributed by atoms with Gasteiger partial charge in [0.25, 0.3) is 11.8 Å². The van der Waals surface area contributed by atoms with Crippen molar-refractivity contribution in [3.05, 3.63) is 53.7 Å². The molecule has 3 rings (SSSR count). The van der Waals surface area contributed by atoms with Crippen molar-refractivity contribution in [1.82, 2.24) is 10.6 Å². The van der Waals surface area contributed by atoms with Crippen molar-refractivity contribution in [2.24, 2.45) is 5.92 Å². The van der Waals surface area contributed by atoms with Gasteiger partial charge in [0.2, 0.25) is 0 Å². The van der Waals surface area contributed by atoms with Crippen LogP contribution in [0.3, 0.4) is 0 Å². The molecule has 1 aromatic heterocycles. The maximum Gasteiger partial charge on any atom is 0.258 e. The van der Waals surface area contributed by atoms with Gasteiger partial charge in [-0.3, -0.25) is 9.59 Å². The van der Waals surface area contributed by atoms with Gasteiger partial charge >= 0.3 is 0 Å². The molecular weight excluding hydrogens is 365 g/mol. The molecule has 1 fully saturated rings.